The van der Waals surface area contributed by atoms with Crippen molar-refractivity contribution in [3.05, 3.63) is 88.4 Å². The smallest absolute Gasteiger partial charge is 0.264 e. The van der Waals surface area contributed by atoms with Crippen molar-refractivity contribution in [3.8, 4) is 0 Å². The normalized spacial score (nSPS) is 11.3. The van der Waals surface area contributed by atoms with E-state index in [1.807, 2.05) is 51.1 Å². The van der Waals surface area contributed by atoms with Gasteiger partial charge in [-0.3, -0.25) is 9.10 Å². The van der Waals surface area contributed by atoms with Crippen LogP contribution in [0, 0.1) is 20.8 Å². The summed E-state index contributed by atoms with van der Waals surface area (Å²) in [6, 6.07) is 19.7. The summed E-state index contributed by atoms with van der Waals surface area (Å²) in [6.45, 7) is 5.82. The first-order chi connectivity index (χ1) is 15.6. The number of rotatable bonds is 9. The first-order valence-electron chi connectivity index (χ1n) is 10.5. The van der Waals surface area contributed by atoms with Crippen molar-refractivity contribution in [1.82, 2.24) is 5.32 Å². The molecule has 0 saturated heterocycles. The molecule has 174 valence electrons. The second kappa shape index (κ2) is 11.1. The molecule has 0 aliphatic rings. The van der Waals surface area contributed by atoms with Crippen LogP contribution in [0.3, 0.4) is 0 Å². The van der Waals surface area contributed by atoms with Crippen LogP contribution in [0.2, 0.25) is 5.02 Å². The highest BCUT2D eigenvalue weighted by atomic mass is 35.5. The van der Waals surface area contributed by atoms with Crippen LogP contribution >= 0.6 is 23.4 Å². The maximum absolute atomic E-state index is 13.5. The summed E-state index contributed by atoms with van der Waals surface area (Å²) in [5.41, 5.74) is 3.28. The number of benzene rings is 3. The maximum atomic E-state index is 13.5. The second-order valence-corrected chi connectivity index (χ2v) is 11.3. The van der Waals surface area contributed by atoms with Gasteiger partial charge in [0.1, 0.15) is 6.54 Å². The molecule has 0 heterocycles. The van der Waals surface area contributed by atoms with Crippen molar-refractivity contribution in [2.45, 2.75) is 30.6 Å². The van der Waals surface area contributed by atoms with E-state index >= 15 is 0 Å². The van der Waals surface area contributed by atoms with Crippen LogP contribution in [0.5, 0.6) is 0 Å². The molecule has 3 aromatic carbocycles. The molecule has 0 aromatic heterocycles. The summed E-state index contributed by atoms with van der Waals surface area (Å²) in [5, 5.41) is 3.51. The van der Waals surface area contributed by atoms with Crippen LogP contribution in [0.25, 0.3) is 0 Å². The molecule has 0 aliphatic carbocycles. The van der Waals surface area contributed by atoms with Crippen LogP contribution in [0.1, 0.15) is 16.7 Å². The Hall–Kier alpha value is -2.48. The van der Waals surface area contributed by atoms with E-state index in [-0.39, 0.29) is 17.3 Å². The number of hydrogen-bond donors (Lipinski definition) is 1. The summed E-state index contributed by atoms with van der Waals surface area (Å²) in [4.78, 5) is 13.9. The van der Waals surface area contributed by atoms with Crippen LogP contribution in [0.15, 0.2) is 76.5 Å². The predicted octanol–water partition coefficient (Wildman–Crippen LogP) is 5.37. The number of sulfonamides is 1. The van der Waals surface area contributed by atoms with Crippen LogP contribution < -0.4 is 9.62 Å². The van der Waals surface area contributed by atoms with Crippen molar-refractivity contribution in [2.24, 2.45) is 0 Å². The average Bonchev–Trinajstić information content (AvgIpc) is 2.76. The zero-order valence-electron chi connectivity index (χ0n) is 18.8. The van der Waals surface area contributed by atoms with Crippen molar-refractivity contribution in [3.63, 3.8) is 0 Å². The quantitative estimate of drug-likeness (QED) is 0.315. The van der Waals surface area contributed by atoms with Gasteiger partial charge in [-0.25, -0.2) is 8.42 Å². The number of nitrogens with zero attached hydrogens (tertiary/aromatic N) is 1. The Balaban J connectivity index is 1.74. The van der Waals surface area contributed by atoms with Crippen molar-refractivity contribution in [1.29, 1.82) is 0 Å². The molecular formula is C25H27ClN2O3S2. The summed E-state index contributed by atoms with van der Waals surface area (Å²) >= 11 is 7.49. The van der Waals surface area contributed by atoms with Crippen molar-refractivity contribution >= 4 is 45.0 Å². The molecule has 3 aromatic rings. The minimum atomic E-state index is -3.92. The number of amides is 1. The summed E-state index contributed by atoms with van der Waals surface area (Å²) in [5.74, 6) is 0.295. The zero-order valence-corrected chi connectivity index (χ0v) is 21.2. The summed E-state index contributed by atoms with van der Waals surface area (Å²) in [7, 11) is -3.92. The molecule has 3 rings (SSSR count). The fourth-order valence-corrected chi connectivity index (χ4v) is 5.62. The number of carbonyl (C=O) groups excluding carboxylic acids is 1. The molecule has 8 heteroatoms. The van der Waals surface area contributed by atoms with Crippen LogP contribution in [0.4, 0.5) is 5.69 Å². The van der Waals surface area contributed by atoms with Gasteiger partial charge in [-0.15, -0.1) is 11.8 Å². The number of aryl methyl sites for hydroxylation is 3. The molecule has 0 fully saturated rings. The third-order valence-electron chi connectivity index (χ3n) is 4.90. The molecule has 0 bridgehead atoms. The third kappa shape index (κ3) is 7.00. The molecule has 5 nitrogen and oxygen atoms in total. The van der Waals surface area contributed by atoms with E-state index < -0.39 is 10.0 Å². The van der Waals surface area contributed by atoms with E-state index in [0.29, 0.717) is 23.0 Å². The molecule has 1 N–H and O–H groups in total. The van der Waals surface area contributed by atoms with Gasteiger partial charge in [0.05, 0.1) is 10.6 Å². The first kappa shape index (κ1) is 25.1. The van der Waals surface area contributed by atoms with Crippen molar-refractivity contribution < 1.29 is 13.2 Å². The second-order valence-electron chi connectivity index (χ2n) is 7.82. The predicted molar refractivity (Wildman–Crippen MR) is 137 cm³/mol. The Morgan fingerprint density at radius 3 is 2.12 bits per heavy atom. The van der Waals surface area contributed by atoms with E-state index in [0.717, 1.165) is 21.6 Å². The lowest BCUT2D eigenvalue weighted by atomic mass is 10.1. The Morgan fingerprint density at radius 1 is 0.909 bits per heavy atom. The van der Waals surface area contributed by atoms with Gasteiger partial charge in [0, 0.05) is 22.2 Å². The number of hydrogen-bond acceptors (Lipinski definition) is 4. The van der Waals surface area contributed by atoms with Gasteiger partial charge < -0.3 is 5.32 Å². The molecule has 0 spiro atoms. The Kier molecular flexibility index (Phi) is 8.46. The minimum absolute atomic E-state index is 0.151. The highest BCUT2D eigenvalue weighted by molar-refractivity contribution is 7.99. The van der Waals surface area contributed by atoms with E-state index in [1.54, 1.807) is 48.2 Å². The molecule has 0 aliphatic heterocycles. The van der Waals surface area contributed by atoms with E-state index in [1.165, 1.54) is 4.31 Å². The lowest BCUT2D eigenvalue weighted by molar-refractivity contribution is -0.119. The largest absolute Gasteiger partial charge is 0.354 e. The number of carbonyl (C=O) groups is 1. The lowest BCUT2D eigenvalue weighted by Crippen LogP contribution is -2.41. The topological polar surface area (TPSA) is 66.5 Å². The van der Waals surface area contributed by atoms with Gasteiger partial charge in [-0.2, -0.15) is 0 Å². The Labute approximate surface area is 205 Å². The van der Waals surface area contributed by atoms with E-state index in [9.17, 15) is 13.2 Å². The fourth-order valence-electron chi connectivity index (χ4n) is 3.32. The number of nitrogens with one attached hydrogen (secondary N) is 1. The van der Waals surface area contributed by atoms with Gasteiger partial charge in [-0.05, 0) is 80.4 Å². The molecule has 33 heavy (non-hydrogen) atoms. The summed E-state index contributed by atoms with van der Waals surface area (Å²) < 4.78 is 28.1. The SMILES string of the molecule is Cc1ccc(S(=O)(=O)N(CC(=O)NCCSc2ccc(Cl)cc2)c2cc(C)cc(C)c2)cc1. The molecule has 1 amide bonds. The van der Waals surface area contributed by atoms with E-state index in [4.69, 9.17) is 11.6 Å². The molecular weight excluding hydrogens is 476 g/mol. The van der Waals surface area contributed by atoms with Crippen LogP contribution in [-0.2, 0) is 14.8 Å². The molecule has 0 radical (unpaired) electrons. The first-order valence-corrected chi connectivity index (χ1v) is 13.3. The standard InChI is InChI=1S/C25H27ClN2O3S2/c1-18-4-10-24(11-5-18)33(30,31)28(22-15-19(2)14-20(3)16-22)17-25(29)27-12-13-32-23-8-6-21(26)7-9-23/h4-11,14-16H,12-13,17H2,1-3H3,(H,27,29). The van der Waals surface area contributed by atoms with Gasteiger partial charge in [0.2, 0.25) is 5.91 Å². The van der Waals surface area contributed by atoms with Gasteiger partial charge in [0.15, 0.2) is 0 Å². The average molecular weight is 503 g/mol. The summed E-state index contributed by atoms with van der Waals surface area (Å²) in [6.07, 6.45) is 0. The number of halogens is 1. The minimum Gasteiger partial charge on any atom is -0.354 e. The Bertz CT molecular complexity index is 1190. The van der Waals surface area contributed by atoms with E-state index in [2.05, 4.69) is 5.32 Å². The molecule has 0 saturated carbocycles. The van der Waals surface area contributed by atoms with Gasteiger partial charge >= 0.3 is 0 Å². The van der Waals surface area contributed by atoms with Gasteiger partial charge in [-0.1, -0.05) is 35.4 Å². The van der Waals surface area contributed by atoms with Gasteiger partial charge in [0.25, 0.3) is 10.0 Å². The van der Waals surface area contributed by atoms with Crippen LogP contribution in [-0.4, -0.2) is 33.2 Å². The molecule has 0 unspecified atom stereocenters. The Morgan fingerprint density at radius 2 is 1.52 bits per heavy atom. The highest BCUT2D eigenvalue weighted by Gasteiger charge is 2.27. The number of thioether (sulfide) groups is 1. The fraction of sp³-hybridized carbons (Fsp3) is 0.240. The highest BCUT2D eigenvalue weighted by Crippen LogP contribution is 2.26. The zero-order chi connectivity index (χ0) is 24.0. The molecule has 0 atom stereocenters. The number of anilines is 1. The maximum Gasteiger partial charge on any atom is 0.264 e. The third-order valence-corrected chi connectivity index (χ3v) is 7.95. The monoisotopic (exact) mass is 502 g/mol. The lowest BCUT2D eigenvalue weighted by Gasteiger charge is -2.25. The van der Waals surface area contributed by atoms with Crippen molar-refractivity contribution in [2.75, 3.05) is 23.1 Å².